The molecule has 0 bridgehead atoms. The second kappa shape index (κ2) is 4.13. The monoisotopic (exact) mass is 203 g/mol. The first-order chi connectivity index (χ1) is 7.27. The summed E-state index contributed by atoms with van der Waals surface area (Å²) in [6, 6.07) is 3.93. The van der Waals surface area contributed by atoms with Crippen LogP contribution in [0.4, 0.5) is 0 Å². The quantitative estimate of drug-likeness (QED) is 0.741. The summed E-state index contributed by atoms with van der Waals surface area (Å²) in [5.41, 5.74) is 1.23. The number of pyridine rings is 1. The van der Waals surface area contributed by atoms with Gasteiger partial charge in [-0.05, 0) is 24.1 Å². The maximum atomic E-state index is 11.5. The molecule has 0 unspecified atom stereocenters. The van der Waals surface area contributed by atoms with Gasteiger partial charge in [0.05, 0.1) is 0 Å². The Morgan fingerprint density at radius 2 is 2.00 bits per heavy atom. The highest BCUT2D eigenvalue weighted by atomic mass is 16.1. The molecule has 2 heterocycles. The lowest BCUT2D eigenvalue weighted by molar-refractivity contribution is 0.649. The predicted molar refractivity (Wildman–Crippen MR) is 57.6 cm³/mol. The smallest absolute Gasteiger partial charge is 0.302 e. The zero-order valence-corrected chi connectivity index (χ0v) is 8.63. The second-order valence-electron chi connectivity index (χ2n) is 3.49. The van der Waals surface area contributed by atoms with E-state index < -0.39 is 0 Å². The molecule has 0 aliphatic rings. The highest BCUT2D eigenvalue weighted by Gasteiger charge is 1.99. The molecule has 2 rings (SSSR count). The van der Waals surface area contributed by atoms with Crippen LogP contribution in [-0.4, -0.2) is 14.1 Å². The van der Waals surface area contributed by atoms with Gasteiger partial charge in [-0.1, -0.05) is 0 Å². The number of imidazole rings is 1. The Balaban J connectivity index is 2.06. The maximum absolute atomic E-state index is 11.5. The molecule has 0 aliphatic carbocycles. The molecule has 15 heavy (non-hydrogen) atoms. The molecule has 0 aliphatic heterocycles. The Labute approximate surface area is 87.8 Å². The van der Waals surface area contributed by atoms with E-state index in [1.54, 1.807) is 34.8 Å². The van der Waals surface area contributed by atoms with E-state index in [1.165, 1.54) is 5.56 Å². The molecule has 0 atom stereocenters. The van der Waals surface area contributed by atoms with Crippen LogP contribution in [0.5, 0.6) is 0 Å². The van der Waals surface area contributed by atoms with E-state index in [-0.39, 0.29) is 5.69 Å². The maximum Gasteiger partial charge on any atom is 0.327 e. The van der Waals surface area contributed by atoms with Gasteiger partial charge in [-0.2, -0.15) is 0 Å². The van der Waals surface area contributed by atoms with Gasteiger partial charge in [-0.15, -0.1) is 0 Å². The number of aromatic nitrogens is 3. The normalized spacial score (nSPS) is 10.5. The van der Waals surface area contributed by atoms with E-state index in [4.69, 9.17) is 0 Å². The summed E-state index contributed by atoms with van der Waals surface area (Å²) >= 11 is 0. The van der Waals surface area contributed by atoms with Crippen molar-refractivity contribution in [3.8, 4) is 0 Å². The average Bonchev–Trinajstić information content (AvgIpc) is 2.59. The van der Waals surface area contributed by atoms with Crippen molar-refractivity contribution in [2.24, 2.45) is 7.05 Å². The molecule has 2 aromatic heterocycles. The fraction of sp³-hybridized carbons (Fsp3) is 0.273. The van der Waals surface area contributed by atoms with Gasteiger partial charge in [0, 0.05) is 38.4 Å². The minimum absolute atomic E-state index is 0.0315. The lowest BCUT2D eigenvalue weighted by Gasteiger charge is -2.01. The van der Waals surface area contributed by atoms with E-state index in [0.717, 1.165) is 6.42 Å². The zero-order chi connectivity index (χ0) is 10.7. The number of aryl methyl sites for hydroxylation is 3. The first-order valence-electron chi connectivity index (χ1n) is 4.88. The van der Waals surface area contributed by atoms with Crippen molar-refractivity contribution < 1.29 is 0 Å². The Morgan fingerprint density at radius 3 is 2.60 bits per heavy atom. The number of hydrogen-bond donors (Lipinski definition) is 0. The van der Waals surface area contributed by atoms with Crippen LogP contribution in [0.25, 0.3) is 0 Å². The molecular formula is C11H13N3O. The molecule has 0 fully saturated rings. The summed E-state index contributed by atoms with van der Waals surface area (Å²) in [7, 11) is 1.76. The summed E-state index contributed by atoms with van der Waals surface area (Å²) in [5.74, 6) is 0. The van der Waals surface area contributed by atoms with E-state index in [9.17, 15) is 4.79 Å². The van der Waals surface area contributed by atoms with Crippen LogP contribution in [0.3, 0.4) is 0 Å². The molecule has 4 nitrogen and oxygen atoms in total. The average molecular weight is 203 g/mol. The topological polar surface area (TPSA) is 39.8 Å². The Bertz CT molecular complexity index is 484. The van der Waals surface area contributed by atoms with Crippen LogP contribution in [0.1, 0.15) is 5.56 Å². The fourth-order valence-corrected chi connectivity index (χ4v) is 1.48. The third-order valence-corrected chi connectivity index (χ3v) is 2.41. The van der Waals surface area contributed by atoms with Crippen LogP contribution in [0.15, 0.2) is 41.7 Å². The van der Waals surface area contributed by atoms with Crippen LogP contribution >= 0.6 is 0 Å². The molecular weight excluding hydrogens is 190 g/mol. The predicted octanol–water partition coefficient (Wildman–Crippen LogP) is 0.824. The van der Waals surface area contributed by atoms with Gasteiger partial charge < -0.3 is 4.57 Å². The summed E-state index contributed by atoms with van der Waals surface area (Å²) in [6.07, 6.45) is 7.97. The third kappa shape index (κ3) is 2.15. The number of nitrogens with zero attached hydrogens (tertiary/aromatic N) is 3. The van der Waals surface area contributed by atoms with Crippen molar-refractivity contribution in [2.75, 3.05) is 0 Å². The summed E-state index contributed by atoms with van der Waals surface area (Å²) in [5, 5.41) is 0. The highest BCUT2D eigenvalue weighted by Crippen LogP contribution is 1.98. The van der Waals surface area contributed by atoms with Crippen LogP contribution in [0, 0.1) is 0 Å². The number of rotatable bonds is 3. The van der Waals surface area contributed by atoms with Gasteiger partial charge in [-0.3, -0.25) is 9.55 Å². The summed E-state index contributed by atoms with van der Waals surface area (Å²) < 4.78 is 3.28. The van der Waals surface area contributed by atoms with Gasteiger partial charge >= 0.3 is 5.69 Å². The van der Waals surface area contributed by atoms with Gasteiger partial charge in [0.1, 0.15) is 0 Å². The van der Waals surface area contributed by atoms with Gasteiger partial charge in [-0.25, -0.2) is 4.79 Å². The van der Waals surface area contributed by atoms with E-state index in [0.29, 0.717) is 6.54 Å². The molecule has 0 N–H and O–H groups in total. The van der Waals surface area contributed by atoms with Crippen molar-refractivity contribution >= 4 is 0 Å². The highest BCUT2D eigenvalue weighted by molar-refractivity contribution is 5.09. The van der Waals surface area contributed by atoms with E-state index in [2.05, 4.69) is 4.98 Å². The lowest BCUT2D eigenvalue weighted by Crippen LogP contribution is -2.22. The van der Waals surface area contributed by atoms with E-state index in [1.807, 2.05) is 18.3 Å². The fourth-order valence-electron chi connectivity index (χ4n) is 1.48. The molecule has 2 aromatic rings. The zero-order valence-electron chi connectivity index (χ0n) is 8.63. The molecule has 0 saturated heterocycles. The molecule has 78 valence electrons. The van der Waals surface area contributed by atoms with E-state index >= 15 is 0 Å². The van der Waals surface area contributed by atoms with Gasteiger partial charge in [0.2, 0.25) is 0 Å². The SMILES string of the molecule is Cn1ccn(CCc2ccncc2)c1=O. The van der Waals surface area contributed by atoms with Crippen LogP contribution in [-0.2, 0) is 20.0 Å². The minimum Gasteiger partial charge on any atom is -0.302 e. The Kier molecular flexibility index (Phi) is 2.67. The lowest BCUT2D eigenvalue weighted by atomic mass is 10.2. The van der Waals surface area contributed by atoms with Crippen LogP contribution in [0.2, 0.25) is 0 Å². The Hall–Kier alpha value is -1.84. The van der Waals surface area contributed by atoms with Crippen molar-refractivity contribution in [1.29, 1.82) is 0 Å². The molecule has 4 heteroatoms. The largest absolute Gasteiger partial charge is 0.327 e. The third-order valence-electron chi connectivity index (χ3n) is 2.41. The van der Waals surface area contributed by atoms with Gasteiger partial charge in [0.15, 0.2) is 0 Å². The molecule has 0 amide bonds. The summed E-state index contributed by atoms with van der Waals surface area (Å²) in [4.78, 5) is 15.5. The van der Waals surface area contributed by atoms with Crippen molar-refractivity contribution in [2.45, 2.75) is 13.0 Å². The standard InChI is InChI=1S/C11H13N3O/c1-13-8-9-14(11(13)15)7-4-10-2-5-12-6-3-10/h2-3,5-6,8-9H,4,7H2,1H3. The Morgan fingerprint density at radius 1 is 1.27 bits per heavy atom. The van der Waals surface area contributed by atoms with Crippen molar-refractivity contribution in [1.82, 2.24) is 14.1 Å². The molecule has 0 radical (unpaired) electrons. The molecule has 0 saturated carbocycles. The second-order valence-corrected chi connectivity index (χ2v) is 3.49. The molecule has 0 spiro atoms. The minimum atomic E-state index is 0.0315. The van der Waals surface area contributed by atoms with Crippen molar-refractivity contribution in [3.05, 3.63) is 53.0 Å². The van der Waals surface area contributed by atoms with Crippen molar-refractivity contribution in [3.63, 3.8) is 0 Å². The van der Waals surface area contributed by atoms with Gasteiger partial charge in [0.25, 0.3) is 0 Å². The molecule has 0 aromatic carbocycles. The first-order valence-corrected chi connectivity index (χ1v) is 4.88. The number of hydrogen-bond acceptors (Lipinski definition) is 2. The van der Waals surface area contributed by atoms with Crippen LogP contribution < -0.4 is 5.69 Å². The summed E-state index contributed by atoms with van der Waals surface area (Å²) in [6.45, 7) is 0.712. The first kappa shape index (κ1) is 9.71.